The second-order valence-electron chi connectivity index (χ2n) is 4.95. The molecule has 0 radical (unpaired) electrons. The molecule has 0 N–H and O–H groups in total. The van der Waals surface area contributed by atoms with Crippen LogP contribution in [0.25, 0.3) is 0 Å². The molecule has 0 aliphatic rings. The zero-order valence-corrected chi connectivity index (χ0v) is 13.0. The van der Waals surface area contributed by atoms with Crippen LogP contribution in [0.3, 0.4) is 0 Å². The van der Waals surface area contributed by atoms with Crippen LogP contribution >= 0.6 is 0 Å². The van der Waals surface area contributed by atoms with Crippen molar-refractivity contribution in [3.8, 4) is 0 Å². The van der Waals surface area contributed by atoms with E-state index in [1.165, 1.54) is 17.0 Å². The lowest BCUT2D eigenvalue weighted by atomic mass is 10.1. The molecule has 0 heterocycles. The molecule has 0 fully saturated rings. The first-order valence-electron chi connectivity index (χ1n) is 6.44. The van der Waals surface area contributed by atoms with Crippen molar-refractivity contribution >= 4 is 21.4 Å². The summed E-state index contributed by atoms with van der Waals surface area (Å²) in [5.74, 6) is -0.232. The number of hydrogen-bond acceptors (Lipinski definition) is 3. The van der Waals surface area contributed by atoms with Gasteiger partial charge in [-0.25, -0.2) is 8.42 Å². The van der Waals surface area contributed by atoms with Crippen LogP contribution in [-0.2, 0) is 9.84 Å². The summed E-state index contributed by atoms with van der Waals surface area (Å²) >= 11 is 0. The molecule has 4 nitrogen and oxygen atoms in total. The fraction of sp³-hybridized carbons (Fsp3) is 0.188. The smallest absolute Gasteiger partial charge is 0.258 e. The van der Waals surface area contributed by atoms with Crippen LogP contribution in [0.15, 0.2) is 53.4 Å². The summed E-state index contributed by atoms with van der Waals surface area (Å²) in [5.41, 5.74) is 1.89. The first-order valence-corrected chi connectivity index (χ1v) is 8.33. The van der Waals surface area contributed by atoms with Crippen LogP contribution in [0.4, 0.5) is 5.69 Å². The number of hydrogen-bond donors (Lipinski definition) is 0. The minimum Gasteiger partial charge on any atom is -0.311 e. The van der Waals surface area contributed by atoms with Crippen LogP contribution in [0, 0.1) is 6.92 Å². The van der Waals surface area contributed by atoms with E-state index in [9.17, 15) is 13.2 Å². The van der Waals surface area contributed by atoms with Crippen molar-refractivity contribution in [1.82, 2.24) is 0 Å². The molecule has 1 amide bonds. The number of sulfone groups is 1. The topological polar surface area (TPSA) is 54.5 Å². The van der Waals surface area contributed by atoms with Gasteiger partial charge in [0.15, 0.2) is 9.84 Å². The molecule has 110 valence electrons. The first-order chi connectivity index (χ1) is 9.80. The van der Waals surface area contributed by atoms with Crippen LogP contribution in [0.1, 0.15) is 15.9 Å². The average Bonchev–Trinajstić information content (AvgIpc) is 2.46. The van der Waals surface area contributed by atoms with Crippen LogP contribution < -0.4 is 4.90 Å². The molecule has 0 bridgehead atoms. The molecule has 5 heteroatoms. The van der Waals surface area contributed by atoms with Gasteiger partial charge in [-0.05, 0) is 36.8 Å². The number of anilines is 1. The van der Waals surface area contributed by atoms with Crippen LogP contribution in [0.5, 0.6) is 0 Å². The zero-order chi connectivity index (χ0) is 15.6. The molecule has 21 heavy (non-hydrogen) atoms. The third-order valence-corrected chi connectivity index (χ3v) is 4.43. The average molecular weight is 303 g/mol. The van der Waals surface area contributed by atoms with Gasteiger partial charge in [-0.2, -0.15) is 0 Å². The summed E-state index contributed by atoms with van der Waals surface area (Å²) < 4.78 is 23.3. The second kappa shape index (κ2) is 5.69. The van der Waals surface area contributed by atoms with Gasteiger partial charge in [-0.1, -0.05) is 24.3 Å². The lowest BCUT2D eigenvalue weighted by molar-refractivity contribution is 0.0992. The number of carbonyl (C=O) groups excluding carboxylic acids is 1. The Morgan fingerprint density at radius 2 is 1.67 bits per heavy atom. The molecule has 0 saturated carbocycles. The van der Waals surface area contributed by atoms with Crippen LogP contribution in [0.2, 0.25) is 0 Å². The van der Waals surface area contributed by atoms with Crippen molar-refractivity contribution in [2.75, 3.05) is 18.2 Å². The Morgan fingerprint density at radius 1 is 1.05 bits per heavy atom. The minimum absolute atomic E-state index is 0.151. The maximum absolute atomic E-state index is 12.6. The Bertz CT molecular complexity index is 767. The van der Waals surface area contributed by atoms with E-state index in [0.717, 1.165) is 17.5 Å². The largest absolute Gasteiger partial charge is 0.311 e. The van der Waals surface area contributed by atoms with E-state index in [1.807, 2.05) is 30.3 Å². The van der Waals surface area contributed by atoms with Gasteiger partial charge in [0.25, 0.3) is 5.91 Å². The van der Waals surface area contributed by atoms with E-state index in [1.54, 1.807) is 20.0 Å². The first kappa shape index (κ1) is 15.3. The molecule has 2 aromatic carbocycles. The summed E-state index contributed by atoms with van der Waals surface area (Å²) in [6, 6.07) is 13.8. The Morgan fingerprint density at radius 3 is 2.24 bits per heavy atom. The molecule has 0 unspecified atom stereocenters. The van der Waals surface area contributed by atoms with Gasteiger partial charge < -0.3 is 4.90 Å². The van der Waals surface area contributed by atoms with E-state index in [2.05, 4.69) is 0 Å². The maximum Gasteiger partial charge on any atom is 0.258 e. The van der Waals surface area contributed by atoms with Gasteiger partial charge in [0.2, 0.25) is 0 Å². The van der Waals surface area contributed by atoms with Gasteiger partial charge in [0.05, 0.1) is 4.90 Å². The molecule has 0 aliphatic carbocycles. The standard InChI is InChI=1S/C16H17NO3S/c1-12-9-10-14(21(3,19)20)11-15(12)16(18)17(2)13-7-5-4-6-8-13/h4-11H,1-3H3. The van der Waals surface area contributed by atoms with Crippen molar-refractivity contribution in [1.29, 1.82) is 0 Å². The van der Waals surface area contributed by atoms with Gasteiger partial charge in [-0.15, -0.1) is 0 Å². The molecule has 0 saturated heterocycles. The lowest BCUT2D eigenvalue weighted by Crippen LogP contribution is -2.27. The second-order valence-corrected chi connectivity index (χ2v) is 6.96. The summed E-state index contributed by atoms with van der Waals surface area (Å²) in [6.45, 7) is 1.79. The third-order valence-electron chi connectivity index (χ3n) is 3.32. The Kier molecular flexibility index (Phi) is 4.14. The van der Waals surface area contributed by atoms with Crippen molar-refractivity contribution in [2.24, 2.45) is 0 Å². The minimum atomic E-state index is -3.34. The van der Waals surface area contributed by atoms with Crippen molar-refractivity contribution in [3.05, 3.63) is 59.7 Å². The molecule has 2 aromatic rings. The van der Waals surface area contributed by atoms with E-state index in [-0.39, 0.29) is 10.8 Å². The molecule has 0 spiro atoms. The Hall–Kier alpha value is -2.14. The van der Waals surface area contributed by atoms with Gasteiger partial charge >= 0.3 is 0 Å². The number of nitrogens with zero attached hydrogens (tertiary/aromatic N) is 1. The van der Waals surface area contributed by atoms with Gasteiger partial charge in [-0.3, -0.25) is 4.79 Å². The van der Waals surface area contributed by atoms with Gasteiger partial charge in [0, 0.05) is 24.6 Å². The summed E-state index contributed by atoms with van der Waals surface area (Å²) in [4.78, 5) is 14.2. The normalized spacial score (nSPS) is 11.2. The van der Waals surface area contributed by atoms with Crippen LogP contribution in [-0.4, -0.2) is 27.6 Å². The van der Waals surface area contributed by atoms with E-state index < -0.39 is 9.84 Å². The number of amides is 1. The number of benzene rings is 2. The number of para-hydroxylation sites is 1. The van der Waals surface area contributed by atoms with E-state index in [0.29, 0.717) is 5.56 Å². The van der Waals surface area contributed by atoms with E-state index >= 15 is 0 Å². The number of rotatable bonds is 3. The molecule has 0 aromatic heterocycles. The molecular formula is C16H17NO3S. The molecule has 0 atom stereocenters. The quantitative estimate of drug-likeness (QED) is 0.876. The monoisotopic (exact) mass is 303 g/mol. The lowest BCUT2D eigenvalue weighted by Gasteiger charge is -2.18. The fourth-order valence-electron chi connectivity index (χ4n) is 2.01. The summed E-state index contributed by atoms with van der Waals surface area (Å²) in [5, 5.41) is 0. The van der Waals surface area contributed by atoms with Crippen molar-refractivity contribution in [3.63, 3.8) is 0 Å². The predicted octanol–water partition coefficient (Wildman–Crippen LogP) is 2.68. The van der Waals surface area contributed by atoms with E-state index in [4.69, 9.17) is 0 Å². The SMILES string of the molecule is Cc1ccc(S(C)(=O)=O)cc1C(=O)N(C)c1ccccc1. The summed E-state index contributed by atoms with van der Waals surface area (Å²) in [7, 11) is -1.67. The molecular weight excluding hydrogens is 286 g/mol. The van der Waals surface area contributed by atoms with Crippen molar-refractivity contribution in [2.45, 2.75) is 11.8 Å². The predicted molar refractivity (Wildman–Crippen MR) is 83.5 cm³/mol. The number of carbonyl (C=O) groups is 1. The molecule has 0 aliphatic heterocycles. The maximum atomic E-state index is 12.6. The highest BCUT2D eigenvalue weighted by molar-refractivity contribution is 7.90. The zero-order valence-electron chi connectivity index (χ0n) is 12.2. The van der Waals surface area contributed by atoms with Gasteiger partial charge in [0.1, 0.15) is 0 Å². The highest BCUT2D eigenvalue weighted by atomic mass is 32.2. The summed E-state index contributed by atoms with van der Waals surface area (Å²) in [6.07, 6.45) is 1.13. The highest BCUT2D eigenvalue weighted by Crippen LogP contribution is 2.20. The Labute approximate surface area is 124 Å². The number of aryl methyl sites for hydroxylation is 1. The third kappa shape index (κ3) is 3.31. The van der Waals surface area contributed by atoms with Crippen molar-refractivity contribution < 1.29 is 13.2 Å². The molecule has 2 rings (SSSR count). The highest BCUT2D eigenvalue weighted by Gasteiger charge is 2.18. The fourth-order valence-corrected chi connectivity index (χ4v) is 2.66. The Balaban J connectivity index is 2.44.